The molecule has 3 heterocycles. The zero-order chi connectivity index (χ0) is 32.5. The molecule has 4 N–H and O–H groups in total. The number of ether oxygens (including phenoxy) is 2. The molecule has 45 heavy (non-hydrogen) atoms. The van der Waals surface area contributed by atoms with Crippen LogP contribution in [-0.4, -0.2) is 67.9 Å². The molecule has 0 spiro atoms. The highest BCUT2D eigenvalue weighted by Gasteiger charge is 2.35. The fourth-order valence-electron chi connectivity index (χ4n) is 4.15. The van der Waals surface area contributed by atoms with E-state index in [1.165, 1.54) is 35.8 Å². The summed E-state index contributed by atoms with van der Waals surface area (Å²) in [5, 5.41) is 24.4. The molecule has 1 aliphatic heterocycles. The molecule has 5 rings (SSSR count). The number of carbonyl (C=O) groups is 4. The molecule has 0 unspecified atom stereocenters. The van der Waals surface area contributed by atoms with Crippen LogP contribution >= 0.6 is 0 Å². The second kappa shape index (κ2) is 12.1. The van der Waals surface area contributed by atoms with Crippen molar-refractivity contribution < 1.29 is 33.0 Å². The number of carbonyl (C=O) groups excluding carboxylic acids is 4. The Bertz CT molecular complexity index is 1770. The maximum atomic E-state index is 14.6. The molecule has 3 aromatic rings. The molecule has 1 saturated heterocycles. The molecule has 2 aliphatic rings. The summed E-state index contributed by atoms with van der Waals surface area (Å²) in [6, 6.07) is 5.83. The van der Waals surface area contributed by atoms with Gasteiger partial charge in [0.05, 0.1) is 23.5 Å². The monoisotopic (exact) mass is 619 g/mol. The first-order valence-corrected chi connectivity index (χ1v) is 13.9. The average Bonchev–Trinajstić information content (AvgIpc) is 3.63. The van der Waals surface area contributed by atoms with Gasteiger partial charge in [0, 0.05) is 17.7 Å². The highest BCUT2D eigenvalue weighted by Crippen LogP contribution is 2.29. The van der Waals surface area contributed by atoms with E-state index < -0.39 is 48.2 Å². The molecule has 16 heteroatoms. The molecular formula is C29H30FN9O6. The first kappa shape index (κ1) is 30.7. The van der Waals surface area contributed by atoms with Crippen molar-refractivity contribution in [2.75, 3.05) is 17.4 Å². The third-order valence-corrected chi connectivity index (χ3v) is 6.47. The number of amides is 4. The summed E-state index contributed by atoms with van der Waals surface area (Å²) in [4.78, 5) is 55.2. The highest BCUT2D eigenvalue weighted by atomic mass is 19.1. The van der Waals surface area contributed by atoms with E-state index in [2.05, 4.69) is 31.3 Å². The van der Waals surface area contributed by atoms with E-state index in [-0.39, 0.29) is 28.8 Å². The van der Waals surface area contributed by atoms with Crippen LogP contribution in [0.4, 0.5) is 31.3 Å². The minimum atomic E-state index is -1.11. The number of imide groups is 1. The Balaban J connectivity index is 1.33. The van der Waals surface area contributed by atoms with Crippen molar-refractivity contribution in [3.63, 3.8) is 0 Å². The van der Waals surface area contributed by atoms with Gasteiger partial charge in [-0.3, -0.25) is 4.79 Å². The summed E-state index contributed by atoms with van der Waals surface area (Å²) >= 11 is 0. The average molecular weight is 620 g/mol. The molecule has 2 fully saturated rings. The Morgan fingerprint density at radius 2 is 2.02 bits per heavy atom. The topological polar surface area (TPSA) is 192 Å². The highest BCUT2D eigenvalue weighted by molar-refractivity contribution is 6.14. The first-order chi connectivity index (χ1) is 21.3. The third-order valence-electron chi connectivity index (χ3n) is 6.47. The lowest BCUT2D eigenvalue weighted by Crippen LogP contribution is -2.44. The quantitative estimate of drug-likeness (QED) is 0.156. The van der Waals surface area contributed by atoms with E-state index in [4.69, 9.17) is 14.7 Å². The normalized spacial score (nSPS) is 16.3. The molecule has 2 aromatic heterocycles. The predicted octanol–water partition coefficient (Wildman–Crippen LogP) is 3.36. The molecule has 1 saturated carbocycles. The van der Waals surface area contributed by atoms with Crippen LogP contribution in [0.3, 0.4) is 0 Å². The predicted molar refractivity (Wildman–Crippen MR) is 157 cm³/mol. The minimum Gasteiger partial charge on any atom is -0.444 e. The maximum Gasteiger partial charge on any atom is 0.408 e. The summed E-state index contributed by atoms with van der Waals surface area (Å²) in [5.74, 6) is -1.48. The van der Waals surface area contributed by atoms with Crippen LogP contribution in [0.2, 0.25) is 0 Å². The molecule has 4 amide bonds. The Kier molecular flexibility index (Phi) is 8.27. The van der Waals surface area contributed by atoms with Crippen molar-refractivity contribution in [1.29, 1.82) is 5.26 Å². The van der Waals surface area contributed by atoms with Crippen molar-refractivity contribution in [3.8, 4) is 6.07 Å². The van der Waals surface area contributed by atoms with Gasteiger partial charge < -0.3 is 30.7 Å². The number of nitrogens with zero attached hydrogens (tertiary/aromatic N) is 5. The van der Waals surface area contributed by atoms with Crippen LogP contribution in [0.5, 0.6) is 0 Å². The largest absolute Gasteiger partial charge is 0.444 e. The number of hydrogen-bond acceptors (Lipinski definition) is 11. The zero-order valence-corrected chi connectivity index (χ0v) is 24.8. The minimum absolute atomic E-state index is 0.0988. The number of alkyl carbamates (subject to hydrolysis) is 1. The number of esters is 1. The molecule has 234 valence electrons. The Morgan fingerprint density at radius 1 is 1.27 bits per heavy atom. The second-order valence-corrected chi connectivity index (χ2v) is 11.4. The van der Waals surface area contributed by atoms with Gasteiger partial charge in [0.2, 0.25) is 0 Å². The number of hydrogen-bond donors (Lipinski definition) is 4. The lowest BCUT2D eigenvalue weighted by Gasteiger charge is -2.21. The van der Waals surface area contributed by atoms with Gasteiger partial charge in [0.25, 0.3) is 5.91 Å². The van der Waals surface area contributed by atoms with Crippen molar-refractivity contribution in [2.45, 2.75) is 58.2 Å². The lowest BCUT2D eigenvalue weighted by molar-refractivity contribution is -0.150. The second-order valence-electron chi connectivity index (χ2n) is 11.4. The molecule has 0 radical (unpaired) electrons. The van der Waals surface area contributed by atoms with Gasteiger partial charge in [0.15, 0.2) is 12.4 Å². The van der Waals surface area contributed by atoms with E-state index in [1.54, 1.807) is 26.8 Å². The van der Waals surface area contributed by atoms with E-state index in [0.29, 0.717) is 21.9 Å². The van der Waals surface area contributed by atoms with Crippen molar-refractivity contribution >= 4 is 53.0 Å². The van der Waals surface area contributed by atoms with Crippen LogP contribution in [-0.2, 0) is 19.1 Å². The van der Waals surface area contributed by atoms with Gasteiger partial charge in [-0.25, -0.2) is 28.7 Å². The molecular weight excluding hydrogens is 589 g/mol. The van der Waals surface area contributed by atoms with E-state index in [9.17, 15) is 23.6 Å². The van der Waals surface area contributed by atoms with E-state index >= 15 is 0 Å². The SMILES string of the molecule is C[C@H](NC(=O)OC(C)(C)C)C(=O)OCN1C(=O)NC(=Cc2cnn3c(NC4CC4)cc(Nc4ccc(C#N)cc4F)nc23)C1=O. The summed E-state index contributed by atoms with van der Waals surface area (Å²) < 4.78 is 26.3. The van der Waals surface area contributed by atoms with Gasteiger partial charge in [0.1, 0.15) is 34.8 Å². The van der Waals surface area contributed by atoms with Gasteiger partial charge in [-0.1, -0.05) is 0 Å². The maximum absolute atomic E-state index is 14.6. The van der Waals surface area contributed by atoms with Crippen molar-refractivity contribution in [3.05, 3.63) is 53.1 Å². The third kappa shape index (κ3) is 7.26. The smallest absolute Gasteiger partial charge is 0.408 e. The first-order valence-electron chi connectivity index (χ1n) is 13.9. The van der Waals surface area contributed by atoms with Crippen LogP contribution in [0.1, 0.15) is 51.7 Å². The Labute approximate surface area is 256 Å². The number of aromatic nitrogens is 3. The molecule has 1 aliphatic carbocycles. The number of nitrogens with one attached hydrogen (secondary N) is 4. The number of anilines is 3. The number of urea groups is 1. The fraction of sp³-hybridized carbons (Fsp3) is 0.345. The summed E-state index contributed by atoms with van der Waals surface area (Å²) in [7, 11) is 0. The number of fused-ring (bicyclic) bond motifs is 1. The molecule has 1 aromatic carbocycles. The van der Waals surface area contributed by atoms with Crippen LogP contribution in [0.15, 0.2) is 36.2 Å². The van der Waals surface area contributed by atoms with Crippen LogP contribution in [0, 0.1) is 17.1 Å². The molecule has 15 nitrogen and oxygen atoms in total. The van der Waals surface area contributed by atoms with Crippen molar-refractivity contribution in [2.24, 2.45) is 0 Å². The Morgan fingerprint density at radius 3 is 2.69 bits per heavy atom. The number of halogens is 1. The summed E-state index contributed by atoms with van der Waals surface area (Å²) in [5.41, 5.74) is 0.0154. The van der Waals surface area contributed by atoms with Gasteiger partial charge >= 0.3 is 18.1 Å². The van der Waals surface area contributed by atoms with E-state index in [0.717, 1.165) is 18.9 Å². The standard InChI is InChI=1S/C29H30FN9O6/c1-15(33-28(43)45-29(2,3)4)26(41)44-14-38-25(40)21(36-27(38)42)10-17-13-32-39-23(34-18-6-7-18)11-22(37-24(17)39)35-20-8-5-16(12-31)9-19(20)30/h5,8-11,13,15,18,34H,6-7,14H2,1-4H3,(H,33,43)(H,35,37)(H,36,42)/t15-/m0/s1. The fourth-order valence-corrected chi connectivity index (χ4v) is 4.15. The summed E-state index contributed by atoms with van der Waals surface area (Å²) in [6.45, 7) is 5.67. The van der Waals surface area contributed by atoms with Crippen molar-refractivity contribution in [1.82, 2.24) is 30.1 Å². The lowest BCUT2D eigenvalue weighted by atomic mass is 10.2. The van der Waals surface area contributed by atoms with Crippen LogP contribution < -0.4 is 21.3 Å². The molecule has 1 atom stereocenters. The summed E-state index contributed by atoms with van der Waals surface area (Å²) in [6.07, 6.45) is 3.92. The van der Waals surface area contributed by atoms with Gasteiger partial charge in [-0.15, -0.1) is 0 Å². The van der Waals surface area contributed by atoms with E-state index in [1.807, 2.05) is 6.07 Å². The zero-order valence-electron chi connectivity index (χ0n) is 24.8. The van der Waals surface area contributed by atoms with Gasteiger partial charge in [-0.05, 0) is 64.8 Å². The number of benzene rings is 1. The number of nitriles is 1. The Hall–Kier alpha value is -5.72. The number of rotatable bonds is 9. The van der Waals surface area contributed by atoms with Gasteiger partial charge in [-0.2, -0.15) is 14.9 Å². The molecule has 0 bridgehead atoms. The van der Waals surface area contributed by atoms with Crippen LogP contribution in [0.25, 0.3) is 11.7 Å².